The van der Waals surface area contributed by atoms with E-state index in [9.17, 15) is 4.79 Å². The number of methoxy groups -OCH3 is 1. The molecule has 20 heavy (non-hydrogen) atoms. The number of anilines is 2. The van der Waals surface area contributed by atoms with Crippen molar-refractivity contribution in [2.75, 3.05) is 17.7 Å². The highest BCUT2D eigenvalue weighted by molar-refractivity contribution is 6.04. The van der Waals surface area contributed by atoms with E-state index in [0.29, 0.717) is 18.7 Å². The summed E-state index contributed by atoms with van der Waals surface area (Å²) in [6, 6.07) is 13.4. The molecule has 0 unspecified atom stereocenters. The molecule has 1 heterocycles. The molecule has 1 aliphatic rings. The third kappa shape index (κ3) is 2.09. The first-order chi connectivity index (χ1) is 9.69. The van der Waals surface area contributed by atoms with Crippen LogP contribution in [0.5, 0.6) is 5.75 Å². The van der Waals surface area contributed by atoms with E-state index in [4.69, 9.17) is 10.5 Å². The molecule has 2 aromatic carbocycles. The van der Waals surface area contributed by atoms with Crippen molar-refractivity contribution in [3.8, 4) is 5.75 Å². The van der Waals surface area contributed by atoms with Gasteiger partial charge in [-0.05, 0) is 29.3 Å². The van der Waals surface area contributed by atoms with Crippen LogP contribution in [0.4, 0.5) is 11.4 Å². The summed E-state index contributed by atoms with van der Waals surface area (Å²) in [5.74, 6) is 0.898. The second kappa shape index (κ2) is 4.89. The Balaban J connectivity index is 1.89. The quantitative estimate of drug-likeness (QED) is 0.869. The summed E-state index contributed by atoms with van der Waals surface area (Å²) in [5.41, 5.74) is 9.57. The number of ether oxygens (including phenoxy) is 1. The monoisotopic (exact) mass is 268 g/mol. The fourth-order valence-electron chi connectivity index (χ4n) is 2.55. The van der Waals surface area contributed by atoms with Crippen LogP contribution in [-0.4, -0.2) is 13.0 Å². The topological polar surface area (TPSA) is 55.6 Å². The number of rotatable bonds is 3. The van der Waals surface area contributed by atoms with Crippen molar-refractivity contribution < 1.29 is 9.53 Å². The van der Waals surface area contributed by atoms with Gasteiger partial charge in [0.15, 0.2) is 0 Å². The van der Waals surface area contributed by atoms with Gasteiger partial charge in [0, 0.05) is 0 Å². The molecule has 2 N–H and O–H groups in total. The highest BCUT2D eigenvalue weighted by Gasteiger charge is 2.28. The number of nitrogen functional groups attached to an aromatic ring is 1. The van der Waals surface area contributed by atoms with Gasteiger partial charge in [-0.25, -0.2) is 0 Å². The number of carbonyl (C=O) groups is 1. The first-order valence-corrected chi connectivity index (χ1v) is 6.49. The number of benzene rings is 2. The molecule has 0 aliphatic carbocycles. The van der Waals surface area contributed by atoms with Crippen LogP contribution in [0.1, 0.15) is 11.1 Å². The first kappa shape index (κ1) is 12.5. The molecule has 4 heteroatoms. The van der Waals surface area contributed by atoms with Crippen LogP contribution in [0, 0.1) is 0 Å². The molecule has 0 saturated carbocycles. The third-order valence-corrected chi connectivity index (χ3v) is 3.56. The van der Waals surface area contributed by atoms with E-state index in [1.165, 1.54) is 0 Å². The minimum Gasteiger partial charge on any atom is -0.497 e. The summed E-state index contributed by atoms with van der Waals surface area (Å²) >= 11 is 0. The lowest BCUT2D eigenvalue weighted by molar-refractivity contribution is -0.117. The molecule has 0 bridgehead atoms. The predicted octanol–water partition coefficient (Wildman–Crippen LogP) is 2.37. The van der Waals surface area contributed by atoms with E-state index < -0.39 is 0 Å². The summed E-state index contributed by atoms with van der Waals surface area (Å²) < 4.78 is 5.14. The maximum absolute atomic E-state index is 12.2. The molecule has 102 valence electrons. The molecule has 0 fully saturated rings. The summed E-state index contributed by atoms with van der Waals surface area (Å²) in [6.07, 6.45) is 0.427. The molecule has 0 spiro atoms. The van der Waals surface area contributed by atoms with Gasteiger partial charge in [-0.1, -0.05) is 24.3 Å². The van der Waals surface area contributed by atoms with Gasteiger partial charge < -0.3 is 15.4 Å². The second-order valence-electron chi connectivity index (χ2n) is 4.86. The molecule has 0 saturated heterocycles. The number of fused-ring (bicyclic) bond motifs is 1. The van der Waals surface area contributed by atoms with Crippen LogP contribution >= 0.6 is 0 Å². The van der Waals surface area contributed by atoms with Crippen molar-refractivity contribution in [2.24, 2.45) is 0 Å². The standard InChI is InChI=1S/C16H16N2O2/c1-20-13-7-5-11(6-8-13)10-18-15(19)9-12-3-2-4-14(17)16(12)18/h2-8H,9-10,17H2,1H3. The zero-order valence-electron chi connectivity index (χ0n) is 11.3. The average Bonchev–Trinajstić information content (AvgIpc) is 2.77. The number of nitrogens with zero attached hydrogens (tertiary/aromatic N) is 1. The molecule has 0 aromatic heterocycles. The van der Waals surface area contributed by atoms with Gasteiger partial charge in [0.2, 0.25) is 5.91 Å². The van der Waals surface area contributed by atoms with E-state index in [2.05, 4.69) is 0 Å². The lowest BCUT2D eigenvalue weighted by atomic mass is 10.1. The van der Waals surface area contributed by atoms with Gasteiger partial charge in [-0.15, -0.1) is 0 Å². The van der Waals surface area contributed by atoms with Crippen molar-refractivity contribution in [3.05, 3.63) is 53.6 Å². The van der Waals surface area contributed by atoms with Crippen molar-refractivity contribution in [3.63, 3.8) is 0 Å². The lowest BCUT2D eigenvalue weighted by Crippen LogP contribution is -2.26. The van der Waals surface area contributed by atoms with Crippen molar-refractivity contribution in [2.45, 2.75) is 13.0 Å². The van der Waals surface area contributed by atoms with Gasteiger partial charge in [-0.2, -0.15) is 0 Å². The fraction of sp³-hybridized carbons (Fsp3) is 0.188. The maximum Gasteiger partial charge on any atom is 0.231 e. The smallest absolute Gasteiger partial charge is 0.231 e. The third-order valence-electron chi connectivity index (χ3n) is 3.56. The van der Waals surface area contributed by atoms with E-state index in [0.717, 1.165) is 22.6 Å². The Hall–Kier alpha value is -2.49. The molecular formula is C16H16N2O2. The number of hydrogen-bond donors (Lipinski definition) is 1. The minimum atomic E-state index is 0.0914. The van der Waals surface area contributed by atoms with Crippen LogP contribution in [0.25, 0.3) is 0 Å². The molecule has 2 aromatic rings. The SMILES string of the molecule is COc1ccc(CN2C(=O)Cc3cccc(N)c32)cc1. The highest BCUT2D eigenvalue weighted by Crippen LogP contribution is 2.35. The van der Waals surface area contributed by atoms with Crippen LogP contribution in [0.3, 0.4) is 0 Å². The zero-order valence-corrected chi connectivity index (χ0v) is 11.3. The predicted molar refractivity (Wildman–Crippen MR) is 78.7 cm³/mol. The molecule has 1 amide bonds. The first-order valence-electron chi connectivity index (χ1n) is 6.49. The Bertz CT molecular complexity index is 650. The Kier molecular flexibility index (Phi) is 3.06. The number of hydrogen-bond acceptors (Lipinski definition) is 3. The lowest BCUT2D eigenvalue weighted by Gasteiger charge is -2.19. The van der Waals surface area contributed by atoms with E-state index >= 15 is 0 Å². The van der Waals surface area contributed by atoms with Crippen LogP contribution < -0.4 is 15.4 Å². The van der Waals surface area contributed by atoms with Crippen LogP contribution in [0.2, 0.25) is 0 Å². The van der Waals surface area contributed by atoms with Crippen molar-refractivity contribution >= 4 is 17.3 Å². The Morgan fingerprint density at radius 2 is 1.95 bits per heavy atom. The molecule has 3 rings (SSSR count). The van der Waals surface area contributed by atoms with Crippen molar-refractivity contribution in [1.82, 2.24) is 0 Å². The maximum atomic E-state index is 12.2. The summed E-state index contributed by atoms with van der Waals surface area (Å²) in [7, 11) is 1.63. The summed E-state index contributed by atoms with van der Waals surface area (Å²) in [5, 5.41) is 0. The Morgan fingerprint density at radius 1 is 1.20 bits per heavy atom. The number of nitrogens with two attached hydrogens (primary N) is 1. The molecule has 4 nitrogen and oxygen atoms in total. The van der Waals surface area contributed by atoms with Gasteiger partial charge in [0.1, 0.15) is 5.75 Å². The number of amides is 1. The van der Waals surface area contributed by atoms with Gasteiger partial charge >= 0.3 is 0 Å². The summed E-state index contributed by atoms with van der Waals surface area (Å²) in [6.45, 7) is 0.532. The minimum absolute atomic E-state index is 0.0914. The van der Waals surface area contributed by atoms with Gasteiger partial charge in [0.25, 0.3) is 0 Å². The zero-order chi connectivity index (χ0) is 14.1. The van der Waals surface area contributed by atoms with Gasteiger partial charge in [-0.3, -0.25) is 4.79 Å². The Labute approximate surface area is 117 Å². The van der Waals surface area contributed by atoms with Crippen LogP contribution in [-0.2, 0) is 17.8 Å². The average molecular weight is 268 g/mol. The van der Waals surface area contributed by atoms with E-state index in [-0.39, 0.29) is 5.91 Å². The number of para-hydroxylation sites is 1. The van der Waals surface area contributed by atoms with Gasteiger partial charge in [0.05, 0.1) is 31.5 Å². The normalized spacial score (nSPS) is 13.4. The second-order valence-corrected chi connectivity index (χ2v) is 4.86. The highest BCUT2D eigenvalue weighted by atomic mass is 16.5. The fourth-order valence-corrected chi connectivity index (χ4v) is 2.55. The number of carbonyl (C=O) groups excluding carboxylic acids is 1. The Morgan fingerprint density at radius 3 is 2.65 bits per heavy atom. The summed E-state index contributed by atoms with van der Waals surface area (Å²) in [4.78, 5) is 13.9. The van der Waals surface area contributed by atoms with Crippen LogP contribution in [0.15, 0.2) is 42.5 Å². The molecule has 1 aliphatic heterocycles. The molecule has 0 atom stereocenters. The van der Waals surface area contributed by atoms with E-state index in [1.54, 1.807) is 12.0 Å². The van der Waals surface area contributed by atoms with Crippen molar-refractivity contribution in [1.29, 1.82) is 0 Å². The largest absolute Gasteiger partial charge is 0.497 e. The van der Waals surface area contributed by atoms with E-state index in [1.807, 2.05) is 42.5 Å². The molecule has 0 radical (unpaired) electrons. The molecular weight excluding hydrogens is 252 g/mol.